The third-order valence-electron chi connectivity index (χ3n) is 5.04. The van der Waals surface area contributed by atoms with E-state index in [0.29, 0.717) is 30.1 Å². The highest BCUT2D eigenvalue weighted by molar-refractivity contribution is 5.70. The number of fused-ring (bicyclic) bond motifs is 2. The normalized spacial score (nSPS) is 26.3. The molecule has 0 amide bonds. The minimum atomic E-state index is -0.407. The topological polar surface area (TPSA) is 64.5 Å². The molecule has 2 bridgehead atoms. The van der Waals surface area contributed by atoms with E-state index in [2.05, 4.69) is 15.1 Å². The molecule has 2 heterocycles. The van der Waals surface area contributed by atoms with E-state index in [4.69, 9.17) is 9.47 Å². The number of carbonyl (C=O) groups excluding carboxylic acids is 1. The van der Waals surface area contributed by atoms with Gasteiger partial charge in [-0.1, -0.05) is 0 Å². The molecular weight excluding hydrogens is 306 g/mol. The largest absolute Gasteiger partial charge is 0.480 e. The number of methoxy groups -OCH3 is 1. The summed E-state index contributed by atoms with van der Waals surface area (Å²) in [4.78, 5) is 14.6. The van der Waals surface area contributed by atoms with Crippen LogP contribution in [0.4, 0.5) is 5.69 Å². The van der Waals surface area contributed by atoms with E-state index in [1.165, 1.54) is 12.8 Å². The van der Waals surface area contributed by atoms with E-state index < -0.39 is 5.60 Å². The van der Waals surface area contributed by atoms with Crippen LogP contribution in [0.2, 0.25) is 0 Å². The predicted molar refractivity (Wildman–Crippen MR) is 91.0 cm³/mol. The van der Waals surface area contributed by atoms with Crippen LogP contribution in [0.3, 0.4) is 0 Å². The first-order valence-corrected chi connectivity index (χ1v) is 8.69. The molecule has 132 valence electrons. The molecule has 2 fully saturated rings. The number of piperidine rings is 1. The van der Waals surface area contributed by atoms with Gasteiger partial charge in [-0.3, -0.25) is 4.79 Å². The highest BCUT2D eigenvalue weighted by atomic mass is 16.6. The zero-order chi connectivity index (χ0) is 17.3. The average molecular weight is 333 g/mol. The van der Waals surface area contributed by atoms with Gasteiger partial charge in [-0.2, -0.15) is 5.10 Å². The Labute approximate surface area is 143 Å². The summed E-state index contributed by atoms with van der Waals surface area (Å²) >= 11 is 0. The fourth-order valence-corrected chi connectivity index (χ4v) is 4.07. The maximum Gasteiger partial charge on any atom is 0.306 e. The van der Waals surface area contributed by atoms with Crippen molar-refractivity contribution in [3.05, 3.63) is 12.3 Å². The molecule has 0 aromatic carbocycles. The van der Waals surface area contributed by atoms with Crippen molar-refractivity contribution in [2.75, 3.05) is 25.1 Å². The van der Waals surface area contributed by atoms with E-state index in [1.807, 2.05) is 26.8 Å². The van der Waals surface area contributed by atoms with Crippen molar-refractivity contribution < 1.29 is 14.3 Å². The molecule has 2 unspecified atom stereocenters. The minimum absolute atomic E-state index is 0.0647. The van der Waals surface area contributed by atoms with Crippen LogP contribution in [0, 0.1) is 17.8 Å². The van der Waals surface area contributed by atoms with Crippen molar-refractivity contribution in [2.24, 2.45) is 17.8 Å². The Hall–Kier alpha value is -1.85. The monoisotopic (exact) mass is 333 g/mol. The number of hydrogen-bond donors (Lipinski definition) is 0. The molecule has 1 saturated heterocycles. The Morgan fingerprint density at radius 3 is 2.54 bits per heavy atom. The second kappa shape index (κ2) is 6.57. The van der Waals surface area contributed by atoms with Crippen LogP contribution >= 0.6 is 0 Å². The molecule has 6 heteroatoms. The molecule has 24 heavy (non-hydrogen) atoms. The Bertz CT molecular complexity index is 585. The summed E-state index contributed by atoms with van der Waals surface area (Å²) in [7, 11) is 1.60. The third kappa shape index (κ3) is 3.79. The second-order valence-corrected chi connectivity index (χ2v) is 7.91. The summed E-state index contributed by atoms with van der Waals surface area (Å²) in [6.07, 6.45) is 4.70. The molecule has 3 rings (SSSR count). The summed E-state index contributed by atoms with van der Waals surface area (Å²) in [5.74, 6) is 1.99. The number of esters is 1. The molecule has 1 saturated carbocycles. The molecular formula is C18H27N3O3. The molecule has 2 aliphatic rings. The highest BCUT2D eigenvalue weighted by Crippen LogP contribution is 2.45. The summed E-state index contributed by atoms with van der Waals surface area (Å²) in [5.41, 5.74) is 0.644. The smallest absolute Gasteiger partial charge is 0.306 e. The van der Waals surface area contributed by atoms with Crippen LogP contribution in [0.5, 0.6) is 5.88 Å². The van der Waals surface area contributed by atoms with Gasteiger partial charge in [0.25, 0.3) is 0 Å². The standard InChI is InChI=1S/C18H27N3O3/c1-18(2,3)24-17(22)8-15-12-5-6-13(15)11-21(10-12)14-7-16(23-4)20-19-9-14/h7,9,12-13,15H,5-6,8,10-11H2,1-4H3/t12-,13?,15?/m0/s1. The van der Waals surface area contributed by atoms with Crippen LogP contribution in [0.1, 0.15) is 40.0 Å². The number of aromatic nitrogens is 2. The number of rotatable bonds is 4. The predicted octanol–water partition coefficient (Wildman–Crippen LogP) is 2.68. The van der Waals surface area contributed by atoms with Crippen molar-refractivity contribution in [2.45, 2.75) is 45.6 Å². The summed E-state index contributed by atoms with van der Waals surface area (Å²) < 4.78 is 10.7. The number of hydrogen-bond acceptors (Lipinski definition) is 6. The van der Waals surface area contributed by atoms with E-state index in [0.717, 1.165) is 18.8 Å². The molecule has 0 radical (unpaired) electrons. The molecule has 1 aromatic rings. The number of carbonyl (C=O) groups is 1. The maximum atomic E-state index is 12.2. The van der Waals surface area contributed by atoms with Crippen molar-refractivity contribution in [3.8, 4) is 5.88 Å². The van der Waals surface area contributed by atoms with Crippen molar-refractivity contribution in [1.29, 1.82) is 0 Å². The van der Waals surface area contributed by atoms with Gasteiger partial charge in [0, 0.05) is 25.6 Å². The lowest BCUT2D eigenvalue weighted by molar-refractivity contribution is -0.156. The Morgan fingerprint density at radius 2 is 1.96 bits per heavy atom. The Kier molecular flexibility index (Phi) is 4.65. The SMILES string of the molecule is COc1cc(N2CC3CC[C@@H](C2)C3CC(=O)OC(C)(C)C)cnn1. The van der Waals surface area contributed by atoms with E-state index in [-0.39, 0.29) is 5.97 Å². The van der Waals surface area contributed by atoms with Gasteiger partial charge in [0.2, 0.25) is 5.88 Å². The molecule has 6 nitrogen and oxygen atoms in total. The summed E-state index contributed by atoms with van der Waals surface area (Å²) in [6.45, 7) is 7.68. The van der Waals surface area contributed by atoms with Gasteiger partial charge in [0.1, 0.15) is 5.60 Å². The van der Waals surface area contributed by atoms with Gasteiger partial charge in [0.15, 0.2) is 0 Å². The van der Waals surface area contributed by atoms with Crippen LogP contribution in [0.25, 0.3) is 0 Å². The fourth-order valence-electron chi connectivity index (χ4n) is 4.07. The van der Waals surface area contributed by atoms with E-state index in [9.17, 15) is 4.79 Å². The lowest BCUT2D eigenvalue weighted by atomic mass is 9.82. The maximum absolute atomic E-state index is 12.2. The molecule has 0 spiro atoms. The number of anilines is 1. The zero-order valence-electron chi connectivity index (χ0n) is 15.0. The highest BCUT2D eigenvalue weighted by Gasteiger charge is 2.43. The average Bonchev–Trinajstić information content (AvgIpc) is 2.75. The van der Waals surface area contributed by atoms with Crippen molar-refractivity contribution >= 4 is 11.7 Å². The van der Waals surface area contributed by atoms with Crippen molar-refractivity contribution in [3.63, 3.8) is 0 Å². The Morgan fingerprint density at radius 1 is 1.29 bits per heavy atom. The lowest BCUT2D eigenvalue weighted by Gasteiger charge is -2.39. The number of nitrogens with zero attached hydrogens (tertiary/aromatic N) is 3. The zero-order valence-corrected chi connectivity index (χ0v) is 15.0. The van der Waals surface area contributed by atoms with Crippen LogP contribution < -0.4 is 9.64 Å². The van der Waals surface area contributed by atoms with Crippen LogP contribution in [0.15, 0.2) is 12.3 Å². The quantitative estimate of drug-likeness (QED) is 0.789. The van der Waals surface area contributed by atoms with Gasteiger partial charge < -0.3 is 14.4 Å². The summed E-state index contributed by atoms with van der Waals surface area (Å²) in [5, 5.41) is 7.95. The molecule has 1 aliphatic carbocycles. The van der Waals surface area contributed by atoms with Gasteiger partial charge >= 0.3 is 5.97 Å². The first-order valence-electron chi connectivity index (χ1n) is 8.69. The molecule has 1 aromatic heterocycles. The fraction of sp³-hybridized carbons (Fsp3) is 0.722. The van der Waals surface area contributed by atoms with Gasteiger partial charge in [0.05, 0.1) is 19.0 Å². The lowest BCUT2D eigenvalue weighted by Crippen LogP contribution is -2.43. The van der Waals surface area contributed by atoms with Crippen LogP contribution in [-0.2, 0) is 9.53 Å². The van der Waals surface area contributed by atoms with Gasteiger partial charge in [-0.05, 0) is 51.4 Å². The Balaban J connectivity index is 1.65. The van der Waals surface area contributed by atoms with Crippen molar-refractivity contribution in [1.82, 2.24) is 10.2 Å². The number of ether oxygens (including phenoxy) is 2. The van der Waals surface area contributed by atoms with Crippen LogP contribution in [-0.4, -0.2) is 42.0 Å². The minimum Gasteiger partial charge on any atom is -0.480 e. The van der Waals surface area contributed by atoms with Gasteiger partial charge in [-0.15, -0.1) is 5.10 Å². The van der Waals surface area contributed by atoms with E-state index in [1.54, 1.807) is 13.3 Å². The summed E-state index contributed by atoms with van der Waals surface area (Å²) in [6, 6.07) is 1.93. The molecule has 1 aliphatic heterocycles. The first kappa shape index (κ1) is 17.0. The van der Waals surface area contributed by atoms with E-state index >= 15 is 0 Å². The molecule has 3 atom stereocenters. The first-order chi connectivity index (χ1) is 11.4. The third-order valence-corrected chi connectivity index (χ3v) is 5.04. The molecule has 0 N–H and O–H groups in total. The van der Waals surface area contributed by atoms with Gasteiger partial charge in [-0.25, -0.2) is 0 Å². The second-order valence-electron chi connectivity index (χ2n) is 7.91.